The third-order valence-electron chi connectivity index (χ3n) is 2.13. The molecule has 0 heterocycles. The van der Waals surface area contributed by atoms with Crippen molar-refractivity contribution in [2.45, 2.75) is 18.8 Å². The molecule has 0 bridgehead atoms. The summed E-state index contributed by atoms with van der Waals surface area (Å²) in [5, 5.41) is 0. The number of rotatable bonds is 2. The van der Waals surface area contributed by atoms with Crippen LogP contribution >= 0.6 is 0 Å². The summed E-state index contributed by atoms with van der Waals surface area (Å²) in [5.74, 6) is 0.838. The Labute approximate surface area is 67.6 Å². The van der Waals surface area contributed by atoms with Gasteiger partial charge in [-0.05, 0) is 36.0 Å². The van der Waals surface area contributed by atoms with Crippen molar-refractivity contribution in [3.63, 3.8) is 0 Å². The minimum Gasteiger partial charge on any atom is -0.0984 e. The monoisotopic (exact) mass is 143 g/mol. The van der Waals surface area contributed by atoms with Gasteiger partial charge in [0, 0.05) is 0 Å². The Morgan fingerprint density at radius 3 is 2.73 bits per heavy atom. The predicted octanol–water partition coefficient (Wildman–Crippen LogP) is 3.01. The second-order valence-electron chi connectivity index (χ2n) is 3.06. The second kappa shape index (κ2) is 2.54. The van der Waals surface area contributed by atoms with Crippen molar-refractivity contribution in [1.29, 1.82) is 0 Å². The van der Waals surface area contributed by atoms with Gasteiger partial charge in [0.1, 0.15) is 0 Å². The van der Waals surface area contributed by atoms with Crippen LogP contribution in [0.4, 0.5) is 0 Å². The van der Waals surface area contributed by atoms with E-state index in [-0.39, 0.29) is 0 Å². The highest BCUT2D eigenvalue weighted by atomic mass is 14.3. The topological polar surface area (TPSA) is 0 Å². The van der Waals surface area contributed by atoms with Gasteiger partial charge in [-0.2, -0.15) is 0 Å². The molecule has 1 aromatic rings. The molecule has 1 radical (unpaired) electrons. The van der Waals surface area contributed by atoms with E-state index in [1.54, 1.807) is 0 Å². The van der Waals surface area contributed by atoms with E-state index in [9.17, 15) is 0 Å². The van der Waals surface area contributed by atoms with Crippen molar-refractivity contribution in [3.8, 4) is 0 Å². The molecule has 1 aliphatic carbocycles. The first-order valence-corrected chi connectivity index (χ1v) is 4.04. The number of benzene rings is 1. The molecule has 55 valence electrons. The fraction of sp³-hybridized carbons (Fsp3) is 0.273. The Kier molecular flexibility index (Phi) is 1.54. The second-order valence-corrected chi connectivity index (χ2v) is 3.06. The highest BCUT2D eigenvalue weighted by Crippen LogP contribution is 2.39. The molecule has 1 saturated carbocycles. The minimum atomic E-state index is 0.838. The molecule has 0 heteroatoms. The zero-order chi connectivity index (χ0) is 7.68. The van der Waals surface area contributed by atoms with Crippen LogP contribution in [0.5, 0.6) is 0 Å². The van der Waals surface area contributed by atoms with Gasteiger partial charge < -0.3 is 0 Å². The summed E-state index contributed by atoms with van der Waals surface area (Å²) in [4.78, 5) is 0. The van der Waals surface area contributed by atoms with E-state index >= 15 is 0 Å². The molecule has 0 atom stereocenters. The Morgan fingerprint density at radius 1 is 1.45 bits per heavy atom. The molecule has 1 fully saturated rings. The molecule has 1 aliphatic rings. The summed E-state index contributed by atoms with van der Waals surface area (Å²) in [6.07, 6.45) is 4.55. The Bertz CT molecular complexity index is 252. The summed E-state index contributed by atoms with van der Waals surface area (Å²) in [6, 6.07) is 9.55. The molecular formula is C11H11. The van der Waals surface area contributed by atoms with Crippen molar-refractivity contribution in [2.75, 3.05) is 0 Å². The number of hydrogen-bond donors (Lipinski definition) is 0. The maximum absolute atomic E-state index is 3.69. The van der Waals surface area contributed by atoms with Gasteiger partial charge >= 0.3 is 0 Å². The summed E-state index contributed by atoms with van der Waals surface area (Å²) in [7, 11) is 0. The lowest BCUT2D eigenvalue weighted by molar-refractivity contribution is 1.13. The normalized spacial score (nSPS) is 16.4. The largest absolute Gasteiger partial charge is 0.0984 e. The highest BCUT2D eigenvalue weighted by molar-refractivity contribution is 5.46. The van der Waals surface area contributed by atoms with Crippen molar-refractivity contribution in [3.05, 3.63) is 42.0 Å². The summed E-state index contributed by atoms with van der Waals surface area (Å²) >= 11 is 0. The van der Waals surface area contributed by atoms with Crippen LogP contribution in [0.1, 0.15) is 29.9 Å². The first kappa shape index (κ1) is 6.66. The first-order valence-electron chi connectivity index (χ1n) is 4.04. The van der Waals surface area contributed by atoms with E-state index in [0.717, 1.165) is 11.5 Å². The molecule has 1 aromatic carbocycles. The number of hydrogen-bond acceptors (Lipinski definition) is 0. The van der Waals surface area contributed by atoms with Crippen LogP contribution in [0, 0.1) is 6.07 Å². The van der Waals surface area contributed by atoms with Gasteiger partial charge in [-0.25, -0.2) is 0 Å². The van der Waals surface area contributed by atoms with Crippen LogP contribution in [0.15, 0.2) is 24.8 Å². The Morgan fingerprint density at radius 2 is 2.27 bits per heavy atom. The lowest BCUT2D eigenvalue weighted by Crippen LogP contribution is -1.78. The standard InChI is InChI=1S/C11H11/c1-2-9-3-5-10(6-4-9)11-7-8-11/h2-3,5-6,11H,1,7-8H2. The molecule has 0 unspecified atom stereocenters. The maximum atomic E-state index is 3.69. The van der Waals surface area contributed by atoms with Crippen LogP contribution in [0.25, 0.3) is 6.08 Å². The average Bonchev–Trinajstić information content (AvgIpc) is 2.87. The van der Waals surface area contributed by atoms with Crippen molar-refractivity contribution < 1.29 is 0 Å². The molecular weight excluding hydrogens is 132 g/mol. The molecule has 0 nitrogen and oxygen atoms in total. The average molecular weight is 143 g/mol. The van der Waals surface area contributed by atoms with Gasteiger partial charge in [0.15, 0.2) is 0 Å². The smallest absolute Gasteiger partial charge is 0.0103 e. The predicted molar refractivity (Wildman–Crippen MR) is 47.3 cm³/mol. The van der Waals surface area contributed by atoms with Crippen LogP contribution in [-0.4, -0.2) is 0 Å². The van der Waals surface area contributed by atoms with E-state index in [1.807, 2.05) is 6.08 Å². The van der Waals surface area contributed by atoms with Gasteiger partial charge in [-0.1, -0.05) is 30.9 Å². The molecule has 11 heavy (non-hydrogen) atoms. The quantitative estimate of drug-likeness (QED) is 0.597. The SMILES string of the molecule is C=Cc1[c]cc(C2CC2)cc1. The van der Waals surface area contributed by atoms with Gasteiger partial charge in [0.2, 0.25) is 0 Å². The van der Waals surface area contributed by atoms with E-state index in [4.69, 9.17) is 0 Å². The van der Waals surface area contributed by atoms with Crippen LogP contribution in [0.2, 0.25) is 0 Å². The lowest BCUT2D eigenvalue weighted by atomic mass is 10.1. The van der Waals surface area contributed by atoms with E-state index in [0.29, 0.717) is 0 Å². The van der Waals surface area contributed by atoms with Gasteiger partial charge in [0.25, 0.3) is 0 Å². The van der Waals surface area contributed by atoms with Crippen LogP contribution < -0.4 is 0 Å². The third-order valence-corrected chi connectivity index (χ3v) is 2.13. The maximum Gasteiger partial charge on any atom is -0.0103 e. The first-order chi connectivity index (χ1) is 5.40. The van der Waals surface area contributed by atoms with E-state index in [1.165, 1.54) is 18.4 Å². The molecule has 0 amide bonds. The molecule has 0 aliphatic heterocycles. The molecule has 0 aromatic heterocycles. The van der Waals surface area contributed by atoms with Crippen molar-refractivity contribution >= 4 is 6.08 Å². The van der Waals surface area contributed by atoms with E-state index < -0.39 is 0 Å². The van der Waals surface area contributed by atoms with Gasteiger partial charge in [0.05, 0.1) is 0 Å². The Balaban J connectivity index is 2.25. The van der Waals surface area contributed by atoms with Crippen molar-refractivity contribution in [2.24, 2.45) is 0 Å². The molecule has 2 rings (SSSR count). The molecule has 0 saturated heterocycles. The highest BCUT2D eigenvalue weighted by Gasteiger charge is 2.22. The zero-order valence-electron chi connectivity index (χ0n) is 6.51. The third kappa shape index (κ3) is 1.35. The van der Waals surface area contributed by atoms with Crippen LogP contribution in [0.3, 0.4) is 0 Å². The molecule has 0 N–H and O–H groups in total. The fourth-order valence-corrected chi connectivity index (χ4v) is 1.25. The Hall–Kier alpha value is -1.04. The summed E-state index contributed by atoms with van der Waals surface area (Å²) in [5.41, 5.74) is 2.53. The summed E-state index contributed by atoms with van der Waals surface area (Å²) in [6.45, 7) is 3.69. The van der Waals surface area contributed by atoms with E-state index in [2.05, 4.69) is 30.8 Å². The van der Waals surface area contributed by atoms with Crippen molar-refractivity contribution in [1.82, 2.24) is 0 Å². The zero-order valence-corrected chi connectivity index (χ0v) is 6.51. The lowest BCUT2D eigenvalue weighted by Gasteiger charge is -1.96. The minimum absolute atomic E-state index is 0.838. The summed E-state index contributed by atoms with van der Waals surface area (Å²) < 4.78 is 0. The fourth-order valence-electron chi connectivity index (χ4n) is 1.25. The molecule has 0 spiro atoms. The van der Waals surface area contributed by atoms with Gasteiger partial charge in [-0.15, -0.1) is 0 Å². The van der Waals surface area contributed by atoms with Crippen LogP contribution in [-0.2, 0) is 0 Å². The van der Waals surface area contributed by atoms with Gasteiger partial charge in [-0.3, -0.25) is 0 Å².